The molecule has 0 amide bonds. The van der Waals surface area contributed by atoms with E-state index in [-0.39, 0.29) is 17.2 Å². The van der Waals surface area contributed by atoms with E-state index in [9.17, 15) is 9.59 Å². The monoisotopic (exact) mass is 238 g/mol. The van der Waals surface area contributed by atoms with Crippen LogP contribution in [0, 0.1) is 5.41 Å². The van der Waals surface area contributed by atoms with E-state index in [1.165, 1.54) is 12.5 Å². The Hall–Kier alpha value is -1.12. The number of Topliss-reactive ketones (excluding diaryl/α,β-unsaturated/α-hetero) is 1. The SMILES string of the molecule is CC(=O)OCCCC1=C(C)C(=O)CCC1(C)C. The lowest BCUT2D eigenvalue weighted by molar-refractivity contribution is -0.141. The van der Waals surface area contributed by atoms with E-state index in [1.807, 2.05) is 6.92 Å². The van der Waals surface area contributed by atoms with Crippen LogP contribution in [0.2, 0.25) is 0 Å². The van der Waals surface area contributed by atoms with E-state index in [0.717, 1.165) is 24.8 Å². The molecule has 0 unspecified atom stereocenters. The molecule has 0 aromatic rings. The summed E-state index contributed by atoms with van der Waals surface area (Å²) >= 11 is 0. The van der Waals surface area contributed by atoms with Crippen molar-refractivity contribution in [3.05, 3.63) is 11.1 Å². The van der Waals surface area contributed by atoms with Crippen molar-refractivity contribution in [2.24, 2.45) is 5.41 Å². The number of ketones is 1. The van der Waals surface area contributed by atoms with Crippen LogP contribution in [0.1, 0.15) is 53.4 Å². The van der Waals surface area contributed by atoms with Crippen LogP contribution < -0.4 is 0 Å². The van der Waals surface area contributed by atoms with E-state index in [1.54, 1.807) is 0 Å². The predicted molar refractivity (Wildman–Crippen MR) is 66.6 cm³/mol. The average Bonchev–Trinajstić information content (AvgIpc) is 2.22. The smallest absolute Gasteiger partial charge is 0.302 e. The van der Waals surface area contributed by atoms with Crippen LogP contribution >= 0.6 is 0 Å². The Labute approximate surface area is 103 Å². The molecule has 0 saturated carbocycles. The molecule has 0 saturated heterocycles. The van der Waals surface area contributed by atoms with Crippen molar-refractivity contribution in [2.75, 3.05) is 6.61 Å². The Morgan fingerprint density at radius 3 is 2.65 bits per heavy atom. The largest absolute Gasteiger partial charge is 0.466 e. The first kappa shape index (κ1) is 13.9. The molecule has 0 aromatic carbocycles. The summed E-state index contributed by atoms with van der Waals surface area (Å²) in [6.07, 6.45) is 3.22. The topological polar surface area (TPSA) is 43.4 Å². The molecular weight excluding hydrogens is 216 g/mol. The molecule has 0 atom stereocenters. The van der Waals surface area contributed by atoms with Gasteiger partial charge < -0.3 is 4.74 Å². The fraction of sp³-hybridized carbons (Fsp3) is 0.714. The number of allylic oxidation sites excluding steroid dienone is 2. The van der Waals surface area contributed by atoms with Crippen molar-refractivity contribution in [3.63, 3.8) is 0 Å². The molecule has 0 radical (unpaired) electrons. The standard InChI is InChI=1S/C14H22O3/c1-10-12(6-5-9-17-11(2)15)14(3,4)8-7-13(10)16/h5-9H2,1-4H3. The average molecular weight is 238 g/mol. The van der Waals surface area contributed by atoms with E-state index in [4.69, 9.17) is 4.74 Å². The van der Waals surface area contributed by atoms with Gasteiger partial charge in [0.25, 0.3) is 0 Å². The van der Waals surface area contributed by atoms with Gasteiger partial charge in [-0.25, -0.2) is 0 Å². The second-order valence-electron chi connectivity index (χ2n) is 5.35. The number of hydrogen-bond donors (Lipinski definition) is 0. The van der Waals surface area contributed by atoms with Crippen LogP contribution in [0.15, 0.2) is 11.1 Å². The summed E-state index contributed by atoms with van der Waals surface area (Å²) in [6.45, 7) is 8.15. The molecule has 3 nitrogen and oxygen atoms in total. The van der Waals surface area contributed by atoms with Gasteiger partial charge in [0.2, 0.25) is 0 Å². The molecule has 96 valence electrons. The van der Waals surface area contributed by atoms with E-state index in [2.05, 4.69) is 13.8 Å². The third kappa shape index (κ3) is 3.69. The number of carbonyl (C=O) groups excluding carboxylic acids is 2. The Kier molecular flexibility index (Phi) is 4.49. The molecule has 1 aliphatic carbocycles. The third-order valence-electron chi connectivity index (χ3n) is 3.54. The van der Waals surface area contributed by atoms with E-state index in [0.29, 0.717) is 13.0 Å². The molecule has 3 heteroatoms. The molecule has 0 N–H and O–H groups in total. The minimum Gasteiger partial charge on any atom is -0.466 e. The zero-order valence-corrected chi connectivity index (χ0v) is 11.3. The van der Waals surface area contributed by atoms with Gasteiger partial charge in [-0.3, -0.25) is 9.59 Å². The first-order valence-corrected chi connectivity index (χ1v) is 6.21. The summed E-state index contributed by atoms with van der Waals surface area (Å²) in [5.41, 5.74) is 2.26. The Bertz CT molecular complexity index is 350. The fourth-order valence-corrected chi connectivity index (χ4v) is 2.43. The van der Waals surface area contributed by atoms with Gasteiger partial charge in [0.05, 0.1) is 6.61 Å². The van der Waals surface area contributed by atoms with Crippen LogP contribution in [-0.2, 0) is 14.3 Å². The summed E-state index contributed by atoms with van der Waals surface area (Å²) in [4.78, 5) is 22.3. The number of carbonyl (C=O) groups is 2. The Morgan fingerprint density at radius 1 is 1.41 bits per heavy atom. The zero-order chi connectivity index (χ0) is 13.1. The van der Waals surface area contributed by atoms with Crippen molar-refractivity contribution >= 4 is 11.8 Å². The van der Waals surface area contributed by atoms with Crippen LogP contribution in [-0.4, -0.2) is 18.4 Å². The number of ether oxygens (including phenoxy) is 1. The summed E-state index contributed by atoms with van der Waals surface area (Å²) < 4.78 is 4.92. The lowest BCUT2D eigenvalue weighted by Gasteiger charge is -2.33. The van der Waals surface area contributed by atoms with Crippen LogP contribution in [0.3, 0.4) is 0 Å². The minimum atomic E-state index is -0.241. The van der Waals surface area contributed by atoms with Crippen molar-refractivity contribution in [3.8, 4) is 0 Å². The second kappa shape index (κ2) is 5.48. The molecule has 0 heterocycles. The molecular formula is C14H22O3. The van der Waals surface area contributed by atoms with Gasteiger partial charge in [-0.2, -0.15) is 0 Å². The highest BCUT2D eigenvalue weighted by molar-refractivity contribution is 5.96. The number of rotatable bonds is 4. The van der Waals surface area contributed by atoms with Gasteiger partial charge in [-0.15, -0.1) is 0 Å². The van der Waals surface area contributed by atoms with Crippen LogP contribution in [0.4, 0.5) is 0 Å². The van der Waals surface area contributed by atoms with Gasteiger partial charge in [0, 0.05) is 13.3 Å². The summed E-state index contributed by atoms with van der Waals surface area (Å²) in [5.74, 6) is 0.0292. The molecule has 17 heavy (non-hydrogen) atoms. The fourth-order valence-electron chi connectivity index (χ4n) is 2.43. The van der Waals surface area contributed by atoms with Crippen LogP contribution in [0.5, 0.6) is 0 Å². The van der Waals surface area contributed by atoms with Crippen LogP contribution in [0.25, 0.3) is 0 Å². The van der Waals surface area contributed by atoms with Gasteiger partial charge in [-0.1, -0.05) is 19.4 Å². The molecule has 1 rings (SSSR count). The summed E-state index contributed by atoms with van der Waals surface area (Å²) in [7, 11) is 0. The maximum atomic E-state index is 11.7. The molecule has 0 aromatic heterocycles. The first-order chi connectivity index (χ1) is 7.84. The molecule has 0 fully saturated rings. The lowest BCUT2D eigenvalue weighted by atomic mass is 9.71. The second-order valence-corrected chi connectivity index (χ2v) is 5.35. The number of hydrogen-bond acceptors (Lipinski definition) is 3. The Balaban J connectivity index is 2.62. The minimum absolute atomic E-state index is 0.105. The zero-order valence-electron chi connectivity index (χ0n) is 11.3. The quantitative estimate of drug-likeness (QED) is 0.558. The van der Waals surface area contributed by atoms with Crippen molar-refractivity contribution in [1.82, 2.24) is 0 Å². The summed E-state index contributed by atoms with van der Waals surface area (Å²) in [5, 5.41) is 0. The van der Waals surface area contributed by atoms with Gasteiger partial charge in [0.1, 0.15) is 0 Å². The van der Waals surface area contributed by atoms with E-state index >= 15 is 0 Å². The molecule has 0 aliphatic heterocycles. The maximum absolute atomic E-state index is 11.7. The maximum Gasteiger partial charge on any atom is 0.302 e. The lowest BCUT2D eigenvalue weighted by Crippen LogP contribution is -2.25. The summed E-state index contributed by atoms with van der Waals surface area (Å²) in [6, 6.07) is 0. The highest BCUT2D eigenvalue weighted by Crippen LogP contribution is 2.40. The van der Waals surface area contributed by atoms with Crippen molar-refractivity contribution in [1.29, 1.82) is 0 Å². The van der Waals surface area contributed by atoms with Gasteiger partial charge >= 0.3 is 5.97 Å². The van der Waals surface area contributed by atoms with Gasteiger partial charge in [-0.05, 0) is 37.2 Å². The van der Waals surface area contributed by atoms with Gasteiger partial charge in [0.15, 0.2) is 5.78 Å². The molecule has 0 spiro atoms. The van der Waals surface area contributed by atoms with E-state index < -0.39 is 0 Å². The highest BCUT2D eigenvalue weighted by atomic mass is 16.5. The normalized spacial score (nSPS) is 19.4. The van der Waals surface area contributed by atoms with Crippen molar-refractivity contribution in [2.45, 2.75) is 53.4 Å². The predicted octanol–water partition coefficient (Wildman–Crippen LogP) is 3.04. The molecule has 1 aliphatic rings. The third-order valence-corrected chi connectivity index (χ3v) is 3.54. The molecule has 0 bridgehead atoms. The highest BCUT2D eigenvalue weighted by Gasteiger charge is 2.31. The first-order valence-electron chi connectivity index (χ1n) is 6.21. The number of esters is 1. The Morgan fingerprint density at radius 2 is 2.06 bits per heavy atom. The van der Waals surface area contributed by atoms with Crippen molar-refractivity contribution < 1.29 is 14.3 Å².